The van der Waals surface area contributed by atoms with Gasteiger partial charge in [-0.15, -0.1) is 0 Å². The van der Waals surface area contributed by atoms with E-state index in [1.54, 1.807) is 24.3 Å². The first-order chi connectivity index (χ1) is 12.8. The van der Waals surface area contributed by atoms with Crippen LogP contribution in [-0.4, -0.2) is 35.7 Å². The van der Waals surface area contributed by atoms with Crippen molar-refractivity contribution in [3.8, 4) is 5.75 Å². The number of nitrogens with zero attached hydrogens (tertiary/aromatic N) is 1. The normalized spacial score (nSPS) is 10.4. The number of rotatable bonds is 6. The minimum atomic E-state index is -1.14. The number of carbonyl (C=O) groups is 3. The molecule has 3 N–H and O–H groups in total. The van der Waals surface area contributed by atoms with Crippen LogP contribution in [-0.2, 0) is 14.4 Å². The van der Waals surface area contributed by atoms with Crippen LogP contribution in [0.25, 0.3) is 0 Å². The van der Waals surface area contributed by atoms with Crippen LogP contribution in [0.3, 0.4) is 0 Å². The molecular weight excluding hydrogens is 374 g/mol. The topological polar surface area (TPSA) is 117 Å². The van der Waals surface area contributed by atoms with Crippen LogP contribution in [0.1, 0.15) is 11.1 Å². The van der Waals surface area contributed by atoms with Gasteiger partial charge in [0.1, 0.15) is 5.75 Å². The molecule has 27 heavy (non-hydrogen) atoms. The molecule has 2 aromatic carbocycles. The molecule has 0 fully saturated rings. The summed E-state index contributed by atoms with van der Waals surface area (Å²) in [5, 5.41) is 15.2. The quantitative estimate of drug-likeness (QED) is 0.398. The smallest absolute Gasteiger partial charge is 0.341 e. The van der Waals surface area contributed by atoms with Crippen LogP contribution in [0.15, 0.2) is 47.6 Å². The average Bonchev–Trinajstić information content (AvgIpc) is 2.62. The van der Waals surface area contributed by atoms with E-state index in [-0.39, 0.29) is 5.75 Å². The molecule has 9 heteroatoms. The summed E-state index contributed by atoms with van der Waals surface area (Å²) >= 11 is 5.89. The largest absolute Gasteiger partial charge is 0.481 e. The van der Waals surface area contributed by atoms with Crippen molar-refractivity contribution >= 4 is 41.3 Å². The molecule has 0 aliphatic rings. The molecule has 0 spiro atoms. The molecule has 0 heterocycles. The van der Waals surface area contributed by atoms with E-state index in [2.05, 4.69) is 15.8 Å². The number of anilines is 1. The van der Waals surface area contributed by atoms with Crippen LogP contribution in [0, 0.1) is 6.92 Å². The van der Waals surface area contributed by atoms with Gasteiger partial charge in [-0.1, -0.05) is 29.3 Å². The summed E-state index contributed by atoms with van der Waals surface area (Å²) < 4.78 is 5.11. The first-order valence-corrected chi connectivity index (χ1v) is 8.08. The molecule has 2 rings (SSSR count). The zero-order valence-corrected chi connectivity index (χ0v) is 15.0. The SMILES string of the molecule is Cc1ccc(NC(=O)C(=O)N/N=C\c2cc(Cl)ccc2OCC(=O)O)cc1. The summed E-state index contributed by atoms with van der Waals surface area (Å²) in [6.07, 6.45) is 1.19. The first kappa shape index (κ1) is 19.9. The number of halogens is 1. The van der Waals surface area contributed by atoms with Gasteiger partial charge < -0.3 is 15.2 Å². The van der Waals surface area contributed by atoms with Gasteiger partial charge in [0.25, 0.3) is 0 Å². The van der Waals surface area contributed by atoms with E-state index in [0.29, 0.717) is 16.3 Å². The summed E-state index contributed by atoms with van der Waals surface area (Å²) in [5.41, 5.74) is 3.91. The molecular formula is C18H16ClN3O5. The highest BCUT2D eigenvalue weighted by molar-refractivity contribution is 6.39. The van der Waals surface area contributed by atoms with E-state index >= 15 is 0 Å². The molecule has 2 aromatic rings. The van der Waals surface area contributed by atoms with Crippen molar-refractivity contribution in [2.24, 2.45) is 5.10 Å². The van der Waals surface area contributed by atoms with Crippen LogP contribution < -0.4 is 15.5 Å². The van der Waals surface area contributed by atoms with Crippen LogP contribution >= 0.6 is 11.6 Å². The zero-order chi connectivity index (χ0) is 19.8. The Morgan fingerprint density at radius 1 is 1.15 bits per heavy atom. The summed E-state index contributed by atoms with van der Waals surface area (Å²) in [5.74, 6) is -2.79. The number of hydrogen-bond donors (Lipinski definition) is 3. The monoisotopic (exact) mass is 389 g/mol. The van der Waals surface area contributed by atoms with Gasteiger partial charge in [-0.3, -0.25) is 9.59 Å². The Morgan fingerprint density at radius 2 is 1.85 bits per heavy atom. The van der Waals surface area contributed by atoms with E-state index in [1.807, 2.05) is 6.92 Å². The number of carboxylic acid groups (broad SMARTS) is 1. The maximum absolute atomic E-state index is 11.8. The van der Waals surface area contributed by atoms with Crippen molar-refractivity contribution in [3.63, 3.8) is 0 Å². The lowest BCUT2D eigenvalue weighted by Gasteiger charge is -2.07. The molecule has 0 atom stereocenters. The van der Waals surface area contributed by atoms with Gasteiger partial charge in [-0.05, 0) is 37.3 Å². The van der Waals surface area contributed by atoms with E-state index in [0.717, 1.165) is 5.56 Å². The maximum Gasteiger partial charge on any atom is 0.341 e. The second kappa shape index (κ2) is 9.35. The van der Waals surface area contributed by atoms with Crippen molar-refractivity contribution in [3.05, 3.63) is 58.6 Å². The van der Waals surface area contributed by atoms with Gasteiger partial charge in [0.15, 0.2) is 6.61 Å². The molecule has 8 nitrogen and oxygen atoms in total. The number of hydrogen-bond acceptors (Lipinski definition) is 5. The van der Waals surface area contributed by atoms with Crippen molar-refractivity contribution in [2.45, 2.75) is 6.92 Å². The van der Waals surface area contributed by atoms with Crippen molar-refractivity contribution in [1.82, 2.24) is 5.43 Å². The highest BCUT2D eigenvalue weighted by Gasteiger charge is 2.13. The van der Waals surface area contributed by atoms with Gasteiger partial charge >= 0.3 is 17.8 Å². The standard InChI is InChI=1S/C18H16ClN3O5/c1-11-2-5-14(6-3-11)21-17(25)18(26)22-20-9-12-8-13(19)4-7-15(12)27-10-16(23)24/h2-9H,10H2,1H3,(H,21,25)(H,22,26)(H,23,24)/b20-9-. The van der Waals surface area contributed by atoms with Crippen LogP contribution in [0.4, 0.5) is 5.69 Å². The van der Waals surface area contributed by atoms with Crippen molar-refractivity contribution in [1.29, 1.82) is 0 Å². The average molecular weight is 390 g/mol. The number of aliphatic carboxylic acids is 1. The Kier molecular flexibility index (Phi) is 6.90. The highest BCUT2D eigenvalue weighted by Crippen LogP contribution is 2.21. The van der Waals surface area contributed by atoms with Gasteiger partial charge in [0.05, 0.1) is 6.21 Å². The van der Waals surface area contributed by atoms with E-state index in [9.17, 15) is 14.4 Å². The second-order valence-electron chi connectivity index (χ2n) is 5.38. The molecule has 0 saturated heterocycles. The van der Waals surface area contributed by atoms with E-state index in [1.165, 1.54) is 24.4 Å². The molecule has 0 saturated carbocycles. The molecule has 0 radical (unpaired) electrons. The number of amides is 2. The molecule has 0 aliphatic heterocycles. The number of benzene rings is 2. The predicted octanol–water partition coefficient (Wildman–Crippen LogP) is 2.20. The Labute approximate surface area is 159 Å². The minimum Gasteiger partial charge on any atom is -0.481 e. The lowest BCUT2D eigenvalue weighted by molar-refractivity contribution is -0.139. The number of aryl methyl sites for hydroxylation is 1. The lowest BCUT2D eigenvalue weighted by Crippen LogP contribution is -2.32. The zero-order valence-electron chi connectivity index (χ0n) is 14.2. The number of hydrazone groups is 1. The predicted molar refractivity (Wildman–Crippen MR) is 100 cm³/mol. The number of ether oxygens (including phenoxy) is 1. The maximum atomic E-state index is 11.8. The van der Waals surface area contributed by atoms with Gasteiger partial charge in [-0.25, -0.2) is 10.2 Å². The van der Waals surface area contributed by atoms with Crippen molar-refractivity contribution in [2.75, 3.05) is 11.9 Å². The van der Waals surface area contributed by atoms with E-state index in [4.69, 9.17) is 21.4 Å². The van der Waals surface area contributed by atoms with Gasteiger partial charge in [0.2, 0.25) is 0 Å². The molecule has 0 aromatic heterocycles. The minimum absolute atomic E-state index is 0.212. The molecule has 0 bridgehead atoms. The summed E-state index contributed by atoms with van der Waals surface area (Å²) in [6, 6.07) is 11.4. The third-order valence-electron chi connectivity index (χ3n) is 3.21. The molecule has 140 valence electrons. The van der Waals surface area contributed by atoms with E-state index < -0.39 is 24.4 Å². The Bertz CT molecular complexity index is 881. The van der Waals surface area contributed by atoms with Gasteiger partial charge in [-0.2, -0.15) is 5.10 Å². The summed E-state index contributed by atoms with van der Waals surface area (Å²) in [4.78, 5) is 34.2. The fourth-order valence-electron chi connectivity index (χ4n) is 1.93. The summed E-state index contributed by atoms with van der Waals surface area (Å²) in [7, 11) is 0. The van der Waals surface area contributed by atoms with Crippen LogP contribution in [0.2, 0.25) is 5.02 Å². The number of carboxylic acids is 1. The van der Waals surface area contributed by atoms with Crippen LogP contribution in [0.5, 0.6) is 5.75 Å². The third-order valence-corrected chi connectivity index (χ3v) is 3.44. The second-order valence-corrected chi connectivity index (χ2v) is 5.82. The van der Waals surface area contributed by atoms with Crippen molar-refractivity contribution < 1.29 is 24.2 Å². The summed E-state index contributed by atoms with van der Waals surface area (Å²) in [6.45, 7) is 1.35. The number of carbonyl (C=O) groups excluding carboxylic acids is 2. The fourth-order valence-corrected chi connectivity index (χ4v) is 2.11. The molecule has 0 aliphatic carbocycles. The number of nitrogens with one attached hydrogen (secondary N) is 2. The Hall–Kier alpha value is -3.39. The molecule has 0 unspecified atom stereocenters. The third kappa shape index (κ3) is 6.44. The first-order valence-electron chi connectivity index (χ1n) is 7.70. The highest BCUT2D eigenvalue weighted by atomic mass is 35.5. The lowest BCUT2D eigenvalue weighted by atomic mass is 10.2. The van der Waals surface area contributed by atoms with Gasteiger partial charge in [0, 0.05) is 16.3 Å². The fraction of sp³-hybridized carbons (Fsp3) is 0.111. The Balaban J connectivity index is 1.98. The molecule has 2 amide bonds. The Morgan fingerprint density at radius 3 is 2.52 bits per heavy atom.